The predicted octanol–water partition coefficient (Wildman–Crippen LogP) is 1.88. The number of carbonyl (C=O) groups is 3. The van der Waals surface area contributed by atoms with Crippen LogP contribution >= 0.6 is 0 Å². The van der Waals surface area contributed by atoms with Crippen molar-refractivity contribution in [2.75, 3.05) is 26.9 Å². The van der Waals surface area contributed by atoms with E-state index in [1.807, 2.05) is 48.5 Å². The maximum atomic E-state index is 12.6. The van der Waals surface area contributed by atoms with Crippen LogP contribution in [0.15, 0.2) is 48.5 Å². The van der Waals surface area contributed by atoms with Crippen LogP contribution in [0.1, 0.15) is 29.9 Å². The number of benzene rings is 2. The monoisotopic (exact) mass is 456 g/mol. The second-order valence-electron chi connectivity index (χ2n) is 7.72. The summed E-state index contributed by atoms with van der Waals surface area (Å²) in [4.78, 5) is 36.4. The van der Waals surface area contributed by atoms with E-state index in [0.717, 1.165) is 22.3 Å². The minimum Gasteiger partial charge on any atom is -0.480 e. The number of rotatable bonds is 11. The molecule has 9 nitrogen and oxygen atoms in total. The number of aliphatic hydroxyl groups excluding tert-OH is 1. The topological polar surface area (TPSA) is 134 Å². The largest absolute Gasteiger partial charge is 0.480 e. The summed E-state index contributed by atoms with van der Waals surface area (Å²) >= 11 is 0. The summed E-state index contributed by atoms with van der Waals surface area (Å²) in [6.45, 7) is -0.153. The molecule has 2 amide bonds. The van der Waals surface area contributed by atoms with Crippen molar-refractivity contribution in [1.29, 1.82) is 0 Å². The molecule has 1 aliphatic rings. The van der Waals surface area contributed by atoms with Crippen LogP contribution in [0.3, 0.4) is 0 Å². The zero-order valence-corrected chi connectivity index (χ0v) is 18.3. The van der Waals surface area contributed by atoms with Crippen LogP contribution in [0, 0.1) is 0 Å². The molecule has 0 aromatic heterocycles. The molecule has 2 aromatic carbocycles. The van der Waals surface area contributed by atoms with Crippen molar-refractivity contribution in [3.8, 4) is 11.1 Å². The number of hydrogen-bond donors (Lipinski definition) is 4. The Kier molecular flexibility index (Phi) is 8.39. The first-order valence-corrected chi connectivity index (χ1v) is 10.7. The van der Waals surface area contributed by atoms with Crippen LogP contribution in [-0.2, 0) is 19.1 Å². The number of carbonyl (C=O) groups excluding carboxylic acids is 2. The number of nitrogens with one attached hydrogen (secondary N) is 2. The van der Waals surface area contributed by atoms with E-state index in [1.165, 1.54) is 7.11 Å². The molecule has 3 rings (SSSR count). The number of aliphatic hydroxyl groups is 1. The standard InChI is InChI=1S/C24H28N2O7/c1-32-13-11-20(22(28)25-21(10-12-27)23(29)30)26-24(31)33-14-19-17-8-4-2-6-15(17)16-7-3-5-9-18(16)19/h2-9,19-21,27H,10-14H2,1H3,(H,25,28)(H,26,31)(H,29,30). The van der Waals surface area contributed by atoms with E-state index in [-0.39, 0.29) is 32.0 Å². The SMILES string of the molecule is COCCC(NC(=O)OCC1c2ccccc2-c2ccccc21)C(=O)NC(CCO)C(=O)O. The van der Waals surface area contributed by atoms with Crippen LogP contribution < -0.4 is 10.6 Å². The van der Waals surface area contributed by atoms with Crippen LogP contribution in [0.4, 0.5) is 4.79 Å². The summed E-state index contributed by atoms with van der Waals surface area (Å²) in [7, 11) is 1.45. The molecule has 1 aliphatic carbocycles. The van der Waals surface area contributed by atoms with Gasteiger partial charge in [0.25, 0.3) is 0 Å². The van der Waals surface area contributed by atoms with Crippen LogP contribution in [-0.4, -0.2) is 67.2 Å². The molecule has 2 aromatic rings. The molecule has 0 aliphatic heterocycles. The average molecular weight is 456 g/mol. The Labute approximate surface area is 191 Å². The van der Waals surface area contributed by atoms with Crippen LogP contribution in [0.5, 0.6) is 0 Å². The highest BCUT2D eigenvalue weighted by Crippen LogP contribution is 2.44. The fourth-order valence-corrected chi connectivity index (χ4v) is 3.95. The van der Waals surface area contributed by atoms with Gasteiger partial charge in [0.2, 0.25) is 5.91 Å². The smallest absolute Gasteiger partial charge is 0.407 e. The van der Waals surface area contributed by atoms with Gasteiger partial charge >= 0.3 is 12.1 Å². The molecule has 0 saturated carbocycles. The Hall–Kier alpha value is -3.43. The number of aliphatic carboxylic acids is 1. The van der Waals surface area contributed by atoms with Crippen molar-refractivity contribution >= 4 is 18.0 Å². The minimum atomic E-state index is -1.27. The minimum absolute atomic E-state index is 0.0841. The lowest BCUT2D eigenvalue weighted by Crippen LogP contribution is -2.52. The molecule has 0 fully saturated rings. The van der Waals surface area contributed by atoms with Gasteiger partial charge in [-0.05, 0) is 22.3 Å². The van der Waals surface area contributed by atoms with E-state index in [1.54, 1.807) is 0 Å². The summed E-state index contributed by atoms with van der Waals surface area (Å²) < 4.78 is 10.5. The summed E-state index contributed by atoms with van der Waals surface area (Å²) in [6, 6.07) is 13.6. The van der Waals surface area contributed by atoms with Gasteiger partial charge in [-0.15, -0.1) is 0 Å². The normalized spacial score (nSPS) is 14.0. The van der Waals surface area contributed by atoms with E-state index >= 15 is 0 Å². The molecule has 0 radical (unpaired) electrons. The zero-order valence-electron chi connectivity index (χ0n) is 18.3. The number of hydrogen-bond acceptors (Lipinski definition) is 6. The van der Waals surface area contributed by atoms with Crippen molar-refractivity contribution in [3.05, 3.63) is 59.7 Å². The fourth-order valence-electron chi connectivity index (χ4n) is 3.95. The maximum absolute atomic E-state index is 12.6. The molecule has 33 heavy (non-hydrogen) atoms. The van der Waals surface area contributed by atoms with Crippen molar-refractivity contribution in [2.24, 2.45) is 0 Å². The first-order chi connectivity index (χ1) is 16.0. The molecule has 4 N–H and O–H groups in total. The van der Waals surface area contributed by atoms with Gasteiger partial charge in [0.15, 0.2) is 0 Å². The van der Waals surface area contributed by atoms with E-state index in [4.69, 9.17) is 14.6 Å². The quantitative estimate of drug-likeness (QED) is 0.406. The van der Waals surface area contributed by atoms with Gasteiger partial charge in [0.1, 0.15) is 18.7 Å². The van der Waals surface area contributed by atoms with Gasteiger partial charge in [0.05, 0.1) is 0 Å². The van der Waals surface area contributed by atoms with Crippen molar-refractivity contribution in [1.82, 2.24) is 10.6 Å². The van der Waals surface area contributed by atoms with Crippen LogP contribution in [0.25, 0.3) is 11.1 Å². The van der Waals surface area contributed by atoms with Gasteiger partial charge in [0, 0.05) is 39.1 Å². The first-order valence-electron chi connectivity index (χ1n) is 10.7. The Morgan fingerprint density at radius 1 is 0.939 bits per heavy atom. The molecule has 9 heteroatoms. The third kappa shape index (κ3) is 5.88. The van der Waals surface area contributed by atoms with E-state index in [2.05, 4.69) is 10.6 Å². The third-order valence-corrected chi connectivity index (χ3v) is 5.60. The Morgan fingerprint density at radius 2 is 1.55 bits per heavy atom. The molecular weight excluding hydrogens is 428 g/mol. The second-order valence-corrected chi connectivity index (χ2v) is 7.72. The molecule has 0 saturated heterocycles. The van der Waals surface area contributed by atoms with E-state index < -0.39 is 36.7 Å². The summed E-state index contributed by atoms with van der Waals surface area (Å²) in [6.07, 6.45) is -0.816. The number of ether oxygens (including phenoxy) is 2. The van der Waals surface area contributed by atoms with Gasteiger partial charge in [-0.3, -0.25) is 4.79 Å². The number of methoxy groups -OCH3 is 1. The number of amides is 2. The lowest BCUT2D eigenvalue weighted by atomic mass is 9.98. The highest BCUT2D eigenvalue weighted by Gasteiger charge is 2.30. The molecule has 0 bridgehead atoms. The number of carboxylic acids is 1. The van der Waals surface area contributed by atoms with Gasteiger partial charge < -0.3 is 30.3 Å². The molecule has 0 spiro atoms. The average Bonchev–Trinajstić information content (AvgIpc) is 3.13. The Bertz CT molecular complexity index is 949. The number of alkyl carbamates (subject to hydrolysis) is 1. The number of fused-ring (bicyclic) bond motifs is 3. The Morgan fingerprint density at radius 3 is 2.09 bits per heavy atom. The molecular formula is C24H28N2O7. The molecule has 176 valence electrons. The van der Waals surface area contributed by atoms with Gasteiger partial charge in [-0.25, -0.2) is 9.59 Å². The highest BCUT2D eigenvalue weighted by molar-refractivity contribution is 5.89. The summed E-state index contributed by atoms with van der Waals surface area (Å²) in [5.74, 6) is -2.10. The highest BCUT2D eigenvalue weighted by atomic mass is 16.5. The molecule has 2 atom stereocenters. The maximum Gasteiger partial charge on any atom is 0.407 e. The lowest BCUT2D eigenvalue weighted by Gasteiger charge is -2.21. The summed E-state index contributed by atoms with van der Waals surface area (Å²) in [5, 5.41) is 23.0. The third-order valence-electron chi connectivity index (χ3n) is 5.60. The number of carboxylic acid groups (broad SMARTS) is 1. The van der Waals surface area contributed by atoms with Crippen molar-refractivity contribution < 1.29 is 34.1 Å². The van der Waals surface area contributed by atoms with Gasteiger partial charge in [-0.1, -0.05) is 48.5 Å². The molecule has 2 unspecified atom stereocenters. The van der Waals surface area contributed by atoms with E-state index in [0.29, 0.717) is 0 Å². The fraction of sp³-hybridized carbons (Fsp3) is 0.375. The molecule has 0 heterocycles. The predicted molar refractivity (Wildman–Crippen MR) is 120 cm³/mol. The second kappa shape index (κ2) is 11.4. The van der Waals surface area contributed by atoms with Crippen molar-refractivity contribution in [2.45, 2.75) is 30.8 Å². The van der Waals surface area contributed by atoms with Crippen LogP contribution in [0.2, 0.25) is 0 Å². The lowest BCUT2D eigenvalue weighted by molar-refractivity contribution is -0.142. The van der Waals surface area contributed by atoms with Gasteiger partial charge in [-0.2, -0.15) is 0 Å². The summed E-state index contributed by atoms with van der Waals surface area (Å²) in [5.41, 5.74) is 4.33. The zero-order chi connectivity index (χ0) is 23.8. The first kappa shape index (κ1) is 24.2. The van der Waals surface area contributed by atoms with Crippen molar-refractivity contribution in [3.63, 3.8) is 0 Å². The Balaban J connectivity index is 1.65. The van der Waals surface area contributed by atoms with E-state index in [9.17, 15) is 19.5 Å².